The fraction of sp³-hybridized carbons (Fsp3) is 0.500. The number of ether oxygens (including phenoxy) is 4. The van der Waals surface area contributed by atoms with Gasteiger partial charge in [-0.05, 0) is 24.5 Å². The summed E-state index contributed by atoms with van der Waals surface area (Å²) in [5, 5.41) is 0. The molecular formula is C16H22O6. The highest BCUT2D eigenvalue weighted by molar-refractivity contribution is 5.71. The van der Waals surface area contributed by atoms with Crippen molar-refractivity contribution >= 4 is 11.9 Å². The third-order valence-electron chi connectivity index (χ3n) is 3.28. The lowest BCUT2D eigenvalue weighted by Gasteiger charge is -2.19. The van der Waals surface area contributed by atoms with Crippen LogP contribution in [0.15, 0.2) is 18.2 Å². The average Bonchev–Trinajstić information content (AvgIpc) is 2.56. The van der Waals surface area contributed by atoms with Gasteiger partial charge in [-0.3, -0.25) is 0 Å². The molecule has 6 nitrogen and oxygen atoms in total. The van der Waals surface area contributed by atoms with Crippen LogP contribution in [0.4, 0.5) is 0 Å². The van der Waals surface area contributed by atoms with Gasteiger partial charge in [0, 0.05) is 5.56 Å². The Morgan fingerprint density at radius 2 is 1.45 bits per heavy atom. The molecule has 0 bridgehead atoms. The van der Waals surface area contributed by atoms with E-state index in [-0.39, 0.29) is 19.1 Å². The molecule has 1 aromatic rings. The largest absolute Gasteiger partial charge is 0.481 e. The molecule has 0 fully saturated rings. The molecule has 1 atom stereocenters. The Balaban J connectivity index is 2.99. The molecule has 0 aliphatic heterocycles. The number of hydrogen-bond acceptors (Lipinski definition) is 6. The molecule has 0 aromatic heterocycles. The van der Waals surface area contributed by atoms with Crippen molar-refractivity contribution in [2.45, 2.75) is 26.2 Å². The van der Waals surface area contributed by atoms with Crippen LogP contribution in [0.5, 0.6) is 11.5 Å². The van der Waals surface area contributed by atoms with E-state index in [1.54, 1.807) is 18.2 Å². The molecule has 0 saturated carbocycles. The third-order valence-corrected chi connectivity index (χ3v) is 3.28. The highest BCUT2D eigenvalue weighted by Gasteiger charge is 2.18. The Labute approximate surface area is 130 Å². The first-order valence-electron chi connectivity index (χ1n) is 7.05. The summed E-state index contributed by atoms with van der Waals surface area (Å²) >= 11 is 0. The minimum atomic E-state index is -0.462. The zero-order valence-corrected chi connectivity index (χ0v) is 13.4. The van der Waals surface area contributed by atoms with E-state index in [2.05, 4.69) is 9.47 Å². The predicted octanol–water partition coefficient (Wildman–Crippen LogP) is 2.30. The molecule has 6 heteroatoms. The summed E-state index contributed by atoms with van der Waals surface area (Å²) in [6.45, 7) is 3.69. The highest BCUT2D eigenvalue weighted by atomic mass is 16.6. The van der Waals surface area contributed by atoms with Gasteiger partial charge in [-0.25, -0.2) is 9.59 Å². The van der Waals surface area contributed by atoms with E-state index < -0.39 is 11.9 Å². The van der Waals surface area contributed by atoms with Gasteiger partial charge in [0.15, 0.2) is 13.2 Å². The van der Waals surface area contributed by atoms with E-state index in [4.69, 9.17) is 9.47 Å². The summed E-state index contributed by atoms with van der Waals surface area (Å²) < 4.78 is 20.2. The number of benzene rings is 1. The molecule has 0 radical (unpaired) electrons. The summed E-state index contributed by atoms with van der Waals surface area (Å²) in [7, 11) is 2.61. The standard InChI is InChI=1S/C16H22O6/c1-5-11(2)16-12(21-9-14(17)19-3)7-6-8-13(16)22-10-15(18)20-4/h6-8,11H,5,9-10H2,1-4H3. The summed E-state index contributed by atoms with van der Waals surface area (Å²) in [5.74, 6) is 0.303. The van der Waals surface area contributed by atoms with Crippen LogP contribution in [0.25, 0.3) is 0 Å². The molecule has 22 heavy (non-hydrogen) atoms. The van der Waals surface area contributed by atoms with Crippen LogP contribution in [-0.2, 0) is 19.1 Å². The van der Waals surface area contributed by atoms with E-state index in [0.29, 0.717) is 11.5 Å². The van der Waals surface area contributed by atoms with Crippen molar-refractivity contribution in [2.75, 3.05) is 27.4 Å². The van der Waals surface area contributed by atoms with E-state index in [0.717, 1.165) is 12.0 Å². The number of carbonyl (C=O) groups is 2. The van der Waals surface area contributed by atoms with Gasteiger partial charge in [-0.1, -0.05) is 19.9 Å². The summed E-state index contributed by atoms with van der Waals surface area (Å²) in [6, 6.07) is 5.26. The molecule has 0 heterocycles. The van der Waals surface area contributed by atoms with E-state index in [1.807, 2.05) is 13.8 Å². The van der Waals surface area contributed by atoms with Gasteiger partial charge < -0.3 is 18.9 Å². The van der Waals surface area contributed by atoms with Crippen molar-refractivity contribution in [3.8, 4) is 11.5 Å². The van der Waals surface area contributed by atoms with Crippen molar-refractivity contribution in [1.29, 1.82) is 0 Å². The van der Waals surface area contributed by atoms with Gasteiger partial charge in [-0.2, -0.15) is 0 Å². The Bertz CT molecular complexity index is 473. The molecule has 1 unspecified atom stereocenters. The Kier molecular flexibility index (Phi) is 7.22. The van der Waals surface area contributed by atoms with Crippen molar-refractivity contribution in [3.63, 3.8) is 0 Å². The van der Waals surface area contributed by atoms with Gasteiger partial charge in [0.1, 0.15) is 11.5 Å². The second-order valence-electron chi connectivity index (χ2n) is 4.71. The first-order chi connectivity index (χ1) is 10.5. The van der Waals surface area contributed by atoms with Gasteiger partial charge >= 0.3 is 11.9 Å². The number of carbonyl (C=O) groups excluding carboxylic acids is 2. The van der Waals surface area contributed by atoms with Crippen molar-refractivity contribution < 1.29 is 28.5 Å². The normalized spacial score (nSPS) is 11.5. The van der Waals surface area contributed by atoms with Gasteiger partial charge in [0.05, 0.1) is 14.2 Å². The Hall–Kier alpha value is -2.24. The van der Waals surface area contributed by atoms with Crippen molar-refractivity contribution in [3.05, 3.63) is 23.8 Å². The third kappa shape index (κ3) is 4.95. The minimum Gasteiger partial charge on any atom is -0.481 e. The topological polar surface area (TPSA) is 71.1 Å². The van der Waals surface area contributed by atoms with Crippen LogP contribution in [0, 0.1) is 0 Å². The van der Waals surface area contributed by atoms with Crippen LogP contribution in [-0.4, -0.2) is 39.4 Å². The first-order valence-corrected chi connectivity index (χ1v) is 7.05. The maximum absolute atomic E-state index is 11.2. The smallest absolute Gasteiger partial charge is 0.343 e. The molecule has 0 N–H and O–H groups in total. The summed E-state index contributed by atoms with van der Waals surface area (Å²) in [4.78, 5) is 22.5. The molecule has 0 spiro atoms. The number of esters is 2. The summed E-state index contributed by atoms with van der Waals surface area (Å²) in [5.41, 5.74) is 0.817. The Morgan fingerprint density at radius 3 is 1.82 bits per heavy atom. The van der Waals surface area contributed by atoms with Gasteiger partial charge in [0.2, 0.25) is 0 Å². The molecular weight excluding hydrogens is 288 g/mol. The number of methoxy groups -OCH3 is 2. The Morgan fingerprint density at radius 1 is 1.00 bits per heavy atom. The minimum absolute atomic E-state index is 0.140. The second-order valence-corrected chi connectivity index (χ2v) is 4.71. The van der Waals surface area contributed by atoms with E-state index in [9.17, 15) is 9.59 Å². The molecule has 0 aliphatic rings. The van der Waals surface area contributed by atoms with Crippen LogP contribution in [0.1, 0.15) is 31.7 Å². The highest BCUT2D eigenvalue weighted by Crippen LogP contribution is 2.36. The predicted molar refractivity (Wildman–Crippen MR) is 80.2 cm³/mol. The van der Waals surface area contributed by atoms with Crippen LogP contribution >= 0.6 is 0 Å². The zero-order valence-electron chi connectivity index (χ0n) is 13.4. The van der Waals surface area contributed by atoms with Crippen LogP contribution < -0.4 is 9.47 Å². The molecule has 122 valence electrons. The lowest BCUT2D eigenvalue weighted by Crippen LogP contribution is -2.16. The number of hydrogen-bond donors (Lipinski definition) is 0. The SMILES string of the molecule is CCC(C)c1c(OCC(=O)OC)cccc1OCC(=O)OC. The number of rotatable bonds is 8. The van der Waals surface area contributed by atoms with E-state index in [1.165, 1.54) is 14.2 Å². The van der Waals surface area contributed by atoms with Gasteiger partial charge in [0.25, 0.3) is 0 Å². The van der Waals surface area contributed by atoms with Gasteiger partial charge in [-0.15, -0.1) is 0 Å². The lowest BCUT2D eigenvalue weighted by atomic mass is 9.96. The monoisotopic (exact) mass is 310 g/mol. The molecule has 1 aromatic carbocycles. The van der Waals surface area contributed by atoms with E-state index >= 15 is 0 Å². The zero-order chi connectivity index (χ0) is 16.5. The maximum Gasteiger partial charge on any atom is 0.343 e. The molecule has 0 aliphatic carbocycles. The quantitative estimate of drug-likeness (QED) is 0.686. The molecule has 0 amide bonds. The van der Waals surface area contributed by atoms with Crippen LogP contribution in [0.2, 0.25) is 0 Å². The molecule has 1 rings (SSSR count). The maximum atomic E-state index is 11.2. The second kappa shape index (κ2) is 8.92. The van der Waals surface area contributed by atoms with Crippen molar-refractivity contribution in [1.82, 2.24) is 0 Å². The fourth-order valence-corrected chi connectivity index (χ4v) is 1.86. The molecule has 0 saturated heterocycles. The average molecular weight is 310 g/mol. The van der Waals surface area contributed by atoms with Crippen LogP contribution in [0.3, 0.4) is 0 Å². The first kappa shape index (κ1) is 17.8. The summed E-state index contributed by atoms with van der Waals surface area (Å²) in [6.07, 6.45) is 0.854. The lowest BCUT2D eigenvalue weighted by molar-refractivity contribution is -0.143. The fourth-order valence-electron chi connectivity index (χ4n) is 1.86. The van der Waals surface area contributed by atoms with Crippen molar-refractivity contribution in [2.24, 2.45) is 0 Å².